The Morgan fingerprint density at radius 3 is 2.68 bits per heavy atom. The number of aliphatic imine (C=N–C) groups is 1. The number of aryl methyl sites for hydroxylation is 1. The number of hydrogen-bond donors (Lipinski definition) is 1. The molecule has 2 aliphatic heterocycles. The van der Waals surface area contributed by atoms with Crippen LogP contribution in [0, 0.1) is 5.92 Å². The molecule has 0 bridgehead atoms. The van der Waals surface area contributed by atoms with Crippen LogP contribution in [0.15, 0.2) is 35.3 Å². The first kappa shape index (κ1) is 24.2. The van der Waals surface area contributed by atoms with E-state index < -0.39 is 0 Å². The molecule has 2 aliphatic rings. The van der Waals surface area contributed by atoms with Crippen molar-refractivity contribution in [2.75, 3.05) is 51.3 Å². The predicted molar refractivity (Wildman–Crippen MR) is 138 cm³/mol. The second kappa shape index (κ2) is 12.0. The lowest BCUT2D eigenvalue weighted by Gasteiger charge is -2.37. The van der Waals surface area contributed by atoms with E-state index in [1.165, 1.54) is 23.5 Å². The molecule has 0 saturated carbocycles. The van der Waals surface area contributed by atoms with Crippen LogP contribution in [0.25, 0.3) is 0 Å². The van der Waals surface area contributed by atoms with Crippen molar-refractivity contribution in [3.63, 3.8) is 0 Å². The van der Waals surface area contributed by atoms with Crippen LogP contribution in [-0.2, 0) is 11.2 Å². The van der Waals surface area contributed by atoms with E-state index in [9.17, 15) is 0 Å². The smallest absolute Gasteiger partial charge is 0.205 e. The average Bonchev–Trinajstić information content (AvgIpc) is 3.30. The van der Waals surface area contributed by atoms with Gasteiger partial charge in [-0.15, -0.1) is 24.0 Å². The minimum atomic E-state index is 0. The number of nitrogens with zero attached hydrogens (tertiary/aromatic N) is 5. The van der Waals surface area contributed by atoms with E-state index in [1.54, 1.807) is 0 Å². The minimum Gasteiger partial charge on any atom is -0.373 e. The lowest BCUT2D eigenvalue weighted by Crippen LogP contribution is -2.53. The molecule has 2 fully saturated rings. The number of nitrogens with one attached hydrogen (secondary N) is 1. The fourth-order valence-corrected chi connectivity index (χ4v) is 5.05. The van der Waals surface area contributed by atoms with Crippen molar-refractivity contribution >= 4 is 46.6 Å². The Morgan fingerprint density at radius 2 is 2.00 bits per heavy atom. The third-order valence-corrected chi connectivity index (χ3v) is 6.75. The monoisotopic (exact) mass is 556 g/mol. The number of benzene rings is 1. The standard InChI is InChI=1S/C22H32N6OS.HI/c1-3-19-25-22(30-26-19)28-13-11-27(12-14-28)21(23-2)24-16-18-10-7-15-29-20(18)17-8-5-4-6-9-17;/h4-6,8-9,18,20H,3,7,10-16H2,1-2H3,(H,23,24);1H. The maximum atomic E-state index is 6.15. The van der Waals surface area contributed by atoms with Gasteiger partial charge in [0.2, 0.25) is 5.13 Å². The van der Waals surface area contributed by atoms with Crippen molar-refractivity contribution in [2.24, 2.45) is 10.9 Å². The second-order valence-corrected chi connectivity index (χ2v) is 8.58. The van der Waals surface area contributed by atoms with E-state index in [0.717, 1.165) is 69.1 Å². The van der Waals surface area contributed by atoms with Gasteiger partial charge in [-0.2, -0.15) is 4.37 Å². The number of rotatable bonds is 5. The zero-order valence-electron chi connectivity index (χ0n) is 18.4. The molecule has 0 amide bonds. The molecule has 2 aromatic rings. The van der Waals surface area contributed by atoms with Crippen molar-refractivity contribution < 1.29 is 4.74 Å². The van der Waals surface area contributed by atoms with Gasteiger partial charge in [0.1, 0.15) is 5.82 Å². The number of halogens is 1. The Kier molecular flexibility index (Phi) is 9.33. The van der Waals surface area contributed by atoms with E-state index in [1.807, 2.05) is 7.05 Å². The first-order valence-electron chi connectivity index (χ1n) is 11.0. The van der Waals surface area contributed by atoms with E-state index >= 15 is 0 Å². The molecule has 2 saturated heterocycles. The van der Waals surface area contributed by atoms with Gasteiger partial charge in [0.25, 0.3) is 0 Å². The summed E-state index contributed by atoms with van der Waals surface area (Å²) in [5, 5.41) is 4.67. The highest BCUT2D eigenvalue weighted by Gasteiger charge is 2.28. The van der Waals surface area contributed by atoms with Crippen molar-refractivity contribution in [2.45, 2.75) is 32.3 Å². The van der Waals surface area contributed by atoms with Crippen molar-refractivity contribution in [1.29, 1.82) is 0 Å². The van der Waals surface area contributed by atoms with Crippen LogP contribution >= 0.6 is 35.5 Å². The third kappa shape index (κ3) is 6.07. The molecule has 4 rings (SSSR count). The highest BCUT2D eigenvalue weighted by atomic mass is 127. The Bertz CT molecular complexity index is 824. The summed E-state index contributed by atoms with van der Waals surface area (Å²) in [6.07, 6.45) is 3.34. The number of anilines is 1. The number of guanidine groups is 1. The summed E-state index contributed by atoms with van der Waals surface area (Å²) in [4.78, 5) is 13.9. The molecule has 0 radical (unpaired) electrons. The number of aromatic nitrogens is 2. The average molecular weight is 557 g/mol. The summed E-state index contributed by atoms with van der Waals surface area (Å²) in [5.41, 5.74) is 1.27. The van der Waals surface area contributed by atoms with E-state index in [0.29, 0.717) is 5.92 Å². The zero-order valence-corrected chi connectivity index (χ0v) is 21.5. The summed E-state index contributed by atoms with van der Waals surface area (Å²) in [6, 6.07) is 10.6. The Balaban J connectivity index is 0.00000272. The van der Waals surface area contributed by atoms with E-state index in [2.05, 4.69) is 66.7 Å². The number of piperazine rings is 1. The first-order chi connectivity index (χ1) is 14.8. The van der Waals surface area contributed by atoms with Crippen LogP contribution in [-0.4, -0.2) is 66.6 Å². The van der Waals surface area contributed by atoms with Gasteiger partial charge in [-0.1, -0.05) is 37.3 Å². The highest BCUT2D eigenvalue weighted by molar-refractivity contribution is 14.0. The molecule has 1 aromatic heterocycles. The van der Waals surface area contributed by atoms with Crippen molar-refractivity contribution in [3.8, 4) is 0 Å². The van der Waals surface area contributed by atoms with Gasteiger partial charge in [-0.3, -0.25) is 4.99 Å². The Hall–Kier alpha value is -1.46. The van der Waals surface area contributed by atoms with Crippen LogP contribution in [0.2, 0.25) is 0 Å². The molecule has 1 N–H and O–H groups in total. The number of ether oxygens (including phenoxy) is 1. The molecule has 3 heterocycles. The molecule has 0 spiro atoms. The minimum absolute atomic E-state index is 0. The molecule has 9 heteroatoms. The van der Waals surface area contributed by atoms with Gasteiger partial charge in [-0.25, -0.2) is 4.98 Å². The third-order valence-electron chi connectivity index (χ3n) is 5.93. The largest absolute Gasteiger partial charge is 0.373 e. The van der Waals surface area contributed by atoms with Crippen LogP contribution in [0.5, 0.6) is 0 Å². The molecule has 0 aliphatic carbocycles. The lowest BCUT2D eigenvalue weighted by atomic mass is 9.89. The molecule has 2 unspecified atom stereocenters. The van der Waals surface area contributed by atoms with Crippen molar-refractivity contribution in [1.82, 2.24) is 19.6 Å². The summed E-state index contributed by atoms with van der Waals surface area (Å²) in [7, 11) is 1.87. The maximum absolute atomic E-state index is 6.15. The van der Waals surface area contributed by atoms with Crippen LogP contribution in [0.4, 0.5) is 5.13 Å². The summed E-state index contributed by atoms with van der Waals surface area (Å²) in [5.74, 6) is 2.38. The number of hydrogen-bond acceptors (Lipinski definition) is 6. The van der Waals surface area contributed by atoms with Crippen LogP contribution < -0.4 is 10.2 Å². The first-order valence-corrected chi connectivity index (χ1v) is 11.8. The fourth-order valence-electron chi connectivity index (χ4n) is 4.24. The van der Waals surface area contributed by atoms with Crippen LogP contribution in [0.1, 0.15) is 37.3 Å². The second-order valence-electron chi connectivity index (χ2n) is 7.85. The predicted octanol–water partition coefficient (Wildman–Crippen LogP) is 3.58. The molecular weight excluding hydrogens is 523 g/mol. The van der Waals surface area contributed by atoms with Crippen molar-refractivity contribution in [3.05, 3.63) is 41.7 Å². The SMILES string of the molecule is CCc1nsc(N2CCN(C(=NC)NCC3CCCOC3c3ccccc3)CC2)n1.I. The summed E-state index contributed by atoms with van der Waals surface area (Å²) >= 11 is 1.51. The lowest BCUT2D eigenvalue weighted by molar-refractivity contribution is -0.0266. The molecular formula is C22H33IN6OS. The molecule has 2 atom stereocenters. The van der Waals surface area contributed by atoms with Crippen LogP contribution in [0.3, 0.4) is 0 Å². The molecule has 7 nitrogen and oxygen atoms in total. The fraction of sp³-hybridized carbons (Fsp3) is 0.591. The van der Waals surface area contributed by atoms with E-state index in [-0.39, 0.29) is 30.1 Å². The zero-order chi connectivity index (χ0) is 20.8. The molecule has 31 heavy (non-hydrogen) atoms. The summed E-state index contributed by atoms with van der Waals surface area (Å²) in [6.45, 7) is 7.57. The topological polar surface area (TPSA) is 65.9 Å². The van der Waals surface area contributed by atoms with Gasteiger partial charge in [0.15, 0.2) is 5.96 Å². The van der Waals surface area contributed by atoms with Gasteiger partial charge in [0, 0.05) is 70.2 Å². The van der Waals surface area contributed by atoms with Gasteiger partial charge < -0.3 is 19.9 Å². The van der Waals surface area contributed by atoms with Gasteiger partial charge >= 0.3 is 0 Å². The molecule has 1 aromatic carbocycles. The van der Waals surface area contributed by atoms with Gasteiger partial charge in [-0.05, 0) is 18.4 Å². The highest BCUT2D eigenvalue weighted by Crippen LogP contribution is 2.33. The Labute approximate surface area is 206 Å². The quantitative estimate of drug-likeness (QED) is 0.345. The summed E-state index contributed by atoms with van der Waals surface area (Å²) < 4.78 is 10.6. The van der Waals surface area contributed by atoms with Gasteiger partial charge in [0.05, 0.1) is 6.10 Å². The molecule has 170 valence electrons. The maximum Gasteiger partial charge on any atom is 0.205 e. The normalized spacial score (nSPS) is 22.2. The Morgan fingerprint density at radius 1 is 1.23 bits per heavy atom. The van der Waals surface area contributed by atoms with E-state index in [4.69, 9.17) is 4.74 Å².